The second-order valence-corrected chi connectivity index (χ2v) is 4.86. The van der Waals surface area contributed by atoms with Gasteiger partial charge < -0.3 is 9.52 Å². The van der Waals surface area contributed by atoms with Gasteiger partial charge in [0.2, 0.25) is 11.8 Å². The molecule has 1 aromatic carbocycles. The summed E-state index contributed by atoms with van der Waals surface area (Å²) in [6.45, 7) is 0. The number of benzene rings is 1. The van der Waals surface area contributed by atoms with E-state index in [1.54, 1.807) is 0 Å². The molecular weight excluding hydrogens is 256 g/mol. The van der Waals surface area contributed by atoms with E-state index in [0.29, 0.717) is 5.89 Å². The number of rotatable bonds is 3. The first kappa shape index (κ1) is 12.6. The molecule has 0 spiro atoms. The summed E-state index contributed by atoms with van der Waals surface area (Å²) in [5.74, 6) is 0.00604. The summed E-state index contributed by atoms with van der Waals surface area (Å²) in [5, 5.41) is 16.4. The van der Waals surface area contributed by atoms with Gasteiger partial charge in [0.15, 0.2) is 0 Å². The lowest BCUT2D eigenvalue weighted by Crippen LogP contribution is -2.12. The van der Waals surface area contributed by atoms with Crippen LogP contribution in [0.25, 0.3) is 6.08 Å². The SMILES string of the molecule is O=C(O)/C=C/c1nnc(C2CCc3ccccc3C2)o1. The summed E-state index contributed by atoms with van der Waals surface area (Å²) in [6, 6.07) is 8.38. The molecule has 5 nitrogen and oxygen atoms in total. The van der Waals surface area contributed by atoms with Gasteiger partial charge in [-0.25, -0.2) is 4.79 Å². The van der Waals surface area contributed by atoms with E-state index < -0.39 is 5.97 Å². The molecule has 0 aliphatic heterocycles. The zero-order valence-electron chi connectivity index (χ0n) is 10.8. The molecule has 0 fully saturated rings. The smallest absolute Gasteiger partial charge is 0.328 e. The van der Waals surface area contributed by atoms with Crippen LogP contribution >= 0.6 is 0 Å². The number of carboxylic acids is 1. The van der Waals surface area contributed by atoms with E-state index in [-0.39, 0.29) is 11.8 Å². The summed E-state index contributed by atoms with van der Waals surface area (Å²) in [4.78, 5) is 10.4. The van der Waals surface area contributed by atoms with Crippen molar-refractivity contribution in [3.8, 4) is 0 Å². The normalized spacial score (nSPS) is 18.1. The summed E-state index contributed by atoms with van der Waals surface area (Å²) in [6.07, 6.45) is 5.17. The molecule has 0 saturated heterocycles. The van der Waals surface area contributed by atoms with E-state index in [1.165, 1.54) is 17.2 Å². The molecule has 1 unspecified atom stereocenters. The van der Waals surface area contributed by atoms with E-state index >= 15 is 0 Å². The van der Waals surface area contributed by atoms with E-state index in [0.717, 1.165) is 25.3 Å². The number of aromatic nitrogens is 2. The van der Waals surface area contributed by atoms with Gasteiger partial charge in [-0.05, 0) is 30.4 Å². The highest BCUT2D eigenvalue weighted by Gasteiger charge is 2.24. The summed E-state index contributed by atoms with van der Waals surface area (Å²) < 4.78 is 5.52. The summed E-state index contributed by atoms with van der Waals surface area (Å²) >= 11 is 0. The minimum atomic E-state index is -1.03. The first-order chi connectivity index (χ1) is 9.72. The molecule has 5 heteroatoms. The second kappa shape index (κ2) is 5.28. The molecular formula is C15H14N2O3. The molecule has 0 radical (unpaired) electrons. The van der Waals surface area contributed by atoms with Crippen molar-refractivity contribution < 1.29 is 14.3 Å². The number of carbonyl (C=O) groups is 1. The van der Waals surface area contributed by atoms with Crippen LogP contribution in [0, 0.1) is 0 Å². The van der Waals surface area contributed by atoms with Crippen LogP contribution in [0.5, 0.6) is 0 Å². The van der Waals surface area contributed by atoms with Gasteiger partial charge in [-0.3, -0.25) is 0 Å². The largest absolute Gasteiger partial charge is 0.478 e. The highest BCUT2D eigenvalue weighted by Crippen LogP contribution is 2.31. The number of carboxylic acid groups (broad SMARTS) is 1. The Labute approximate surface area is 116 Å². The molecule has 0 saturated carbocycles. The third kappa shape index (κ3) is 2.61. The van der Waals surface area contributed by atoms with Gasteiger partial charge in [0.1, 0.15) is 0 Å². The molecule has 0 amide bonds. The number of hydrogen-bond donors (Lipinski definition) is 1. The van der Waals surface area contributed by atoms with Gasteiger partial charge in [-0.2, -0.15) is 0 Å². The van der Waals surface area contributed by atoms with Crippen molar-refractivity contribution in [2.45, 2.75) is 25.2 Å². The average molecular weight is 270 g/mol. The van der Waals surface area contributed by atoms with Crippen LogP contribution in [0.4, 0.5) is 0 Å². The first-order valence-corrected chi connectivity index (χ1v) is 6.53. The minimum absolute atomic E-state index is 0.212. The molecule has 20 heavy (non-hydrogen) atoms. The van der Waals surface area contributed by atoms with Crippen LogP contribution in [0.2, 0.25) is 0 Å². The van der Waals surface area contributed by atoms with Crippen molar-refractivity contribution in [1.29, 1.82) is 0 Å². The molecule has 1 heterocycles. The van der Waals surface area contributed by atoms with E-state index in [9.17, 15) is 4.79 Å². The third-order valence-electron chi connectivity index (χ3n) is 3.52. The van der Waals surface area contributed by atoms with E-state index in [4.69, 9.17) is 9.52 Å². The molecule has 1 aliphatic rings. The van der Waals surface area contributed by atoms with Crippen molar-refractivity contribution in [3.05, 3.63) is 53.2 Å². The van der Waals surface area contributed by atoms with E-state index in [2.05, 4.69) is 28.4 Å². The minimum Gasteiger partial charge on any atom is -0.478 e. The molecule has 1 aliphatic carbocycles. The zero-order valence-corrected chi connectivity index (χ0v) is 10.8. The van der Waals surface area contributed by atoms with Crippen molar-refractivity contribution in [2.24, 2.45) is 0 Å². The van der Waals surface area contributed by atoms with Gasteiger partial charge in [0, 0.05) is 18.1 Å². The molecule has 2 aromatic rings. The predicted molar refractivity (Wildman–Crippen MR) is 72.2 cm³/mol. The van der Waals surface area contributed by atoms with Crippen LogP contribution < -0.4 is 0 Å². The Hall–Kier alpha value is -2.43. The Morgan fingerprint density at radius 3 is 2.90 bits per heavy atom. The fourth-order valence-electron chi connectivity index (χ4n) is 2.53. The molecule has 0 bridgehead atoms. The van der Waals surface area contributed by atoms with E-state index in [1.807, 2.05) is 6.07 Å². The molecule has 1 aromatic heterocycles. The van der Waals surface area contributed by atoms with Gasteiger partial charge in [-0.15, -0.1) is 10.2 Å². The van der Waals surface area contributed by atoms with Crippen molar-refractivity contribution in [3.63, 3.8) is 0 Å². The highest BCUT2D eigenvalue weighted by molar-refractivity contribution is 5.84. The number of fused-ring (bicyclic) bond motifs is 1. The lowest BCUT2D eigenvalue weighted by molar-refractivity contribution is -0.131. The molecule has 102 valence electrons. The van der Waals surface area contributed by atoms with Crippen LogP contribution in [-0.2, 0) is 17.6 Å². The van der Waals surface area contributed by atoms with Crippen molar-refractivity contribution in [1.82, 2.24) is 10.2 Å². The van der Waals surface area contributed by atoms with Crippen molar-refractivity contribution >= 4 is 12.0 Å². The summed E-state index contributed by atoms with van der Waals surface area (Å²) in [5.41, 5.74) is 2.71. The van der Waals surface area contributed by atoms with Gasteiger partial charge >= 0.3 is 5.97 Å². The lowest BCUT2D eigenvalue weighted by atomic mass is 9.84. The lowest BCUT2D eigenvalue weighted by Gasteiger charge is -2.21. The van der Waals surface area contributed by atoms with Gasteiger partial charge in [0.05, 0.1) is 0 Å². The van der Waals surface area contributed by atoms with Gasteiger partial charge in [0.25, 0.3) is 0 Å². The Morgan fingerprint density at radius 2 is 2.10 bits per heavy atom. The highest BCUT2D eigenvalue weighted by atomic mass is 16.4. The standard InChI is InChI=1S/C15H14N2O3/c18-14(19)8-7-13-16-17-15(20-13)12-6-5-10-3-1-2-4-11(10)9-12/h1-4,7-8,12H,5-6,9H2,(H,18,19)/b8-7+. The summed E-state index contributed by atoms with van der Waals surface area (Å²) in [7, 11) is 0. The number of nitrogens with zero attached hydrogens (tertiary/aromatic N) is 2. The van der Waals surface area contributed by atoms with Crippen LogP contribution in [-0.4, -0.2) is 21.3 Å². The number of aryl methyl sites for hydroxylation is 1. The second-order valence-electron chi connectivity index (χ2n) is 4.86. The number of hydrogen-bond acceptors (Lipinski definition) is 4. The van der Waals surface area contributed by atoms with Crippen LogP contribution in [0.15, 0.2) is 34.8 Å². The quantitative estimate of drug-likeness (QED) is 0.867. The average Bonchev–Trinajstić information content (AvgIpc) is 2.93. The molecule has 1 atom stereocenters. The van der Waals surface area contributed by atoms with Gasteiger partial charge in [-0.1, -0.05) is 24.3 Å². The predicted octanol–water partition coefficient (Wildman–Crippen LogP) is 2.44. The van der Waals surface area contributed by atoms with Crippen LogP contribution in [0.3, 0.4) is 0 Å². The number of aliphatic carboxylic acids is 1. The Kier molecular flexibility index (Phi) is 3.33. The third-order valence-corrected chi connectivity index (χ3v) is 3.52. The topological polar surface area (TPSA) is 76.2 Å². The van der Waals surface area contributed by atoms with Crippen molar-refractivity contribution in [2.75, 3.05) is 0 Å². The monoisotopic (exact) mass is 270 g/mol. The Bertz CT molecular complexity index is 661. The Balaban J connectivity index is 1.77. The maximum absolute atomic E-state index is 10.4. The maximum atomic E-state index is 10.4. The fraction of sp³-hybridized carbons (Fsp3) is 0.267. The Morgan fingerprint density at radius 1 is 1.30 bits per heavy atom. The van der Waals surface area contributed by atoms with Crippen LogP contribution in [0.1, 0.15) is 35.2 Å². The maximum Gasteiger partial charge on any atom is 0.328 e. The molecule has 3 rings (SSSR count). The first-order valence-electron chi connectivity index (χ1n) is 6.53. The molecule has 1 N–H and O–H groups in total. The fourth-order valence-corrected chi connectivity index (χ4v) is 2.53. The zero-order chi connectivity index (χ0) is 13.9.